The largest absolute Gasteiger partial charge is 0.490 e. The van der Waals surface area contributed by atoms with Gasteiger partial charge in [0.2, 0.25) is 0 Å². The summed E-state index contributed by atoms with van der Waals surface area (Å²) in [5.41, 5.74) is 13.1. The second-order valence-corrected chi connectivity index (χ2v) is 13.3. The Morgan fingerprint density at radius 2 is 1.96 bits per heavy atom. The molecule has 3 aliphatic heterocycles. The van der Waals surface area contributed by atoms with Crippen molar-refractivity contribution in [1.82, 2.24) is 20.3 Å². The molecule has 2 aromatic rings. The molecule has 1 unspecified atom stereocenters. The molecule has 0 spiro atoms. The van der Waals surface area contributed by atoms with E-state index >= 15 is 0 Å². The number of β-lactam (4-membered cyclic amide) rings is 1. The van der Waals surface area contributed by atoms with Gasteiger partial charge in [-0.1, -0.05) is 11.2 Å². The van der Waals surface area contributed by atoms with Crippen LogP contribution in [-0.2, 0) is 42.2 Å². The van der Waals surface area contributed by atoms with Crippen molar-refractivity contribution >= 4 is 50.2 Å². The summed E-state index contributed by atoms with van der Waals surface area (Å²) < 4.78 is 41.4. The molecule has 0 radical (unpaired) electrons. The monoisotopic (exact) mass is 664 g/mol. The van der Waals surface area contributed by atoms with Crippen molar-refractivity contribution in [3.63, 3.8) is 0 Å². The van der Waals surface area contributed by atoms with Crippen LogP contribution in [0, 0.1) is 5.92 Å². The zero-order valence-electron chi connectivity index (χ0n) is 24.8. The number of rotatable bonds is 12. The fourth-order valence-electron chi connectivity index (χ4n) is 5.42. The number of Topliss-reactive ketones (excluding diaryl/α,β-unsaturated/α-hetero) is 1. The Labute approximate surface area is 264 Å². The summed E-state index contributed by atoms with van der Waals surface area (Å²) in [5, 5.41) is 9.56. The Hall–Kier alpha value is -3.84. The van der Waals surface area contributed by atoms with Gasteiger partial charge in [0.1, 0.15) is 18.1 Å². The number of nitrogens with two attached hydrogens (primary N) is 2. The maximum Gasteiger partial charge on any atom is 0.418 e. The first-order valence-electron chi connectivity index (χ1n) is 14.3. The Bertz CT molecular complexity index is 1600. The van der Waals surface area contributed by atoms with Crippen LogP contribution in [0.3, 0.4) is 0 Å². The number of hydrogen-bond acceptors (Lipinski definition) is 13. The number of nitrogen functional groups attached to an aromatic ring is 1. The van der Waals surface area contributed by atoms with Gasteiger partial charge in [0.25, 0.3) is 5.91 Å². The quantitative estimate of drug-likeness (QED) is 0.0617. The average molecular weight is 665 g/mol. The van der Waals surface area contributed by atoms with Gasteiger partial charge in [0, 0.05) is 24.9 Å². The van der Waals surface area contributed by atoms with Gasteiger partial charge < -0.3 is 31.3 Å². The third kappa shape index (κ3) is 7.70. The third-order valence-electron chi connectivity index (χ3n) is 7.91. The molecule has 6 N–H and O–H groups in total. The molecule has 5 rings (SSSR count). The minimum atomic E-state index is -4.92. The third-order valence-corrected chi connectivity index (χ3v) is 8.92. The molecule has 18 heteroatoms. The van der Waals surface area contributed by atoms with Crippen molar-refractivity contribution in [2.45, 2.75) is 57.8 Å². The number of aromatic nitrogens is 1. The number of carbonyl (C=O) groups is 2. The number of aliphatic imine (C=N–C) groups is 1. The number of ether oxygens (including phenoxy) is 1. The minimum absolute atomic E-state index is 0.000704. The molecule has 0 bridgehead atoms. The zero-order chi connectivity index (χ0) is 32.4. The summed E-state index contributed by atoms with van der Waals surface area (Å²) >= 11 is 1.10. The van der Waals surface area contributed by atoms with Gasteiger partial charge in [-0.3, -0.25) is 14.1 Å². The summed E-state index contributed by atoms with van der Waals surface area (Å²) in [4.78, 5) is 42.1. The average Bonchev–Trinajstić information content (AvgIpc) is 3.62. The standard InChI is InChI=1S/C27H36N8O8S2/c1-27(2)20(24(37)35(27)43-45(38,39)40)12-22(36)23(21-15-44-26(29)32-21)33-42-10-9-41-19-4-3-16-13-34(14-17(16)11-19)25(28)31-18-5-7-30-8-6-18/h3-4,11,15,18,20,30H,5-10,12-14H2,1-2H3,(H2,28,31)(H2,29,32)(H,38,39,40)/b33-23-. The zero-order valence-corrected chi connectivity index (χ0v) is 26.5. The molecule has 1 aromatic heterocycles. The van der Waals surface area contributed by atoms with Crippen molar-refractivity contribution in [1.29, 1.82) is 0 Å². The fourth-order valence-corrected chi connectivity index (χ4v) is 6.42. The maximum absolute atomic E-state index is 13.2. The Balaban J connectivity index is 1.15. The number of fused-ring (bicyclic) bond motifs is 1. The lowest BCUT2D eigenvalue weighted by Crippen LogP contribution is -2.68. The highest BCUT2D eigenvalue weighted by atomic mass is 32.3. The van der Waals surface area contributed by atoms with Crippen LogP contribution in [0.1, 0.15) is 49.9 Å². The van der Waals surface area contributed by atoms with E-state index < -0.39 is 33.5 Å². The van der Waals surface area contributed by atoms with Crippen LogP contribution < -0.4 is 21.5 Å². The van der Waals surface area contributed by atoms with E-state index in [-0.39, 0.29) is 42.2 Å². The molecule has 1 aromatic carbocycles. The topological polar surface area (TPSA) is 224 Å². The van der Waals surface area contributed by atoms with Crippen molar-refractivity contribution in [3.8, 4) is 5.75 Å². The van der Waals surface area contributed by atoms with Crippen LogP contribution in [0.15, 0.2) is 33.7 Å². The molecule has 16 nitrogen and oxygen atoms in total. The fraction of sp³-hybridized carbons (Fsp3) is 0.519. The molecule has 3 aliphatic rings. The van der Waals surface area contributed by atoms with E-state index in [0.717, 1.165) is 48.4 Å². The molecular formula is C27H36N8O8S2. The highest BCUT2D eigenvalue weighted by molar-refractivity contribution is 7.80. The van der Waals surface area contributed by atoms with Gasteiger partial charge in [0.05, 0.1) is 17.5 Å². The van der Waals surface area contributed by atoms with Crippen molar-refractivity contribution < 1.29 is 36.4 Å². The lowest BCUT2D eigenvalue weighted by Gasteiger charge is -2.50. The predicted molar refractivity (Wildman–Crippen MR) is 164 cm³/mol. The molecule has 0 aliphatic carbocycles. The number of nitrogens with one attached hydrogen (secondary N) is 1. The number of oxime groups is 1. The first-order valence-corrected chi connectivity index (χ1v) is 16.6. The van der Waals surface area contributed by atoms with Crippen LogP contribution in [0.5, 0.6) is 5.75 Å². The Morgan fingerprint density at radius 1 is 1.22 bits per heavy atom. The molecule has 45 heavy (non-hydrogen) atoms. The molecule has 1 atom stereocenters. The first-order chi connectivity index (χ1) is 21.3. The number of benzene rings is 1. The molecule has 244 valence electrons. The van der Waals surface area contributed by atoms with Gasteiger partial charge in [-0.15, -0.1) is 15.6 Å². The molecule has 2 fully saturated rings. The summed E-state index contributed by atoms with van der Waals surface area (Å²) in [6, 6.07) is 6.06. The number of piperidine rings is 1. The van der Waals surface area contributed by atoms with E-state index in [9.17, 15) is 18.0 Å². The summed E-state index contributed by atoms with van der Waals surface area (Å²) in [7, 11) is -4.92. The number of anilines is 1. The smallest absolute Gasteiger partial charge is 0.418 e. The predicted octanol–water partition coefficient (Wildman–Crippen LogP) is 0.838. The lowest BCUT2D eigenvalue weighted by molar-refractivity contribution is -0.228. The molecule has 2 saturated heterocycles. The summed E-state index contributed by atoms with van der Waals surface area (Å²) in [5.74, 6) is -1.12. The van der Waals surface area contributed by atoms with Gasteiger partial charge in [-0.2, -0.15) is 13.5 Å². The second-order valence-electron chi connectivity index (χ2n) is 11.4. The normalized spacial score (nSPS) is 20.6. The minimum Gasteiger partial charge on any atom is -0.490 e. The number of hydroxylamine groups is 2. The number of ketones is 1. The van der Waals surface area contributed by atoms with E-state index in [2.05, 4.69) is 24.6 Å². The van der Waals surface area contributed by atoms with Crippen molar-refractivity contribution in [3.05, 3.63) is 40.4 Å². The summed E-state index contributed by atoms with van der Waals surface area (Å²) in [6.07, 6.45) is 1.61. The van der Waals surface area contributed by atoms with E-state index in [4.69, 9.17) is 30.6 Å². The van der Waals surface area contributed by atoms with E-state index in [1.807, 2.05) is 18.2 Å². The van der Waals surface area contributed by atoms with E-state index in [1.54, 1.807) is 0 Å². The summed E-state index contributed by atoms with van der Waals surface area (Å²) in [6.45, 7) is 6.34. The van der Waals surface area contributed by atoms with E-state index in [0.29, 0.717) is 29.9 Å². The van der Waals surface area contributed by atoms with Crippen LogP contribution >= 0.6 is 11.3 Å². The SMILES string of the molecule is CC1(C)C(CC(=O)/C(=N\OCCOc2ccc3c(c2)CN(C(N)=NC2CCNCC2)C3)c2csc(N)n2)C(=O)N1OS(=O)(=O)O. The highest BCUT2D eigenvalue weighted by Crippen LogP contribution is 2.40. The number of thiazole rings is 1. The van der Waals surface area contributed by atoms with Crippen molar-refractivity contribution in [2.75, 3.05) is 32.0 Å². The van der Waals surface area contributed by atoms with Crippen LogP contribution in [-0.4, -0.2) is 89.2 Å². The second kappa shape index (κ2) is 13.3. The number of nitrogens with zero attached hydrogens (tertiary/aromatic N) is 5. The Morgan fingerprint density at radius 3 is 2.62 bits per heavy atom. The number of amides is 1. The molecule has 1 amide bonds. The number of carbonyl (C=O) groups excluding carboxylic acids is 2. The van der Waals surface area contributed by atoms with Gasteiger partial charge >= 0.3 is 10.4 Å². The lowest BCUT2D eigenvalue weighted by atomic mass is 9.74. The van der Waals surface area contributed by atoms with Crippen LogP contribution in [0.2, 0.25) is 0 Å². The molecular weight excluding hydrogens is 628 g/mol. The van der Waals surface area contributed by atoms with Gasteiger partial charge in [0.15, 0.2) is 29.2 Å². The van der Waals surface area contributed by atoms with Gasteiger partial charge in [-0.05, 0) is 63.0 Å². The Kier molecular flexibility index (Phi) is 9.59. The maximum atomic E-state index is 13.2. The number of guanidine groups is 1. The van der Waals surface area contributed by atoms with E-state index in [1.165, 1.54) is 19.2 Å². The molecule has 4 heterocycles. The van der Waals surface area contributed by atoms with Gasteiger partial charge in [-0.25, -0.2) is 9.98 Å². The van der Waals surface area contributed by atoms with Crippen LogP contribution in [0.4, 0.5) is 5.13 Å². The van der Waals surface area contributed by atoms with Crippen LogP contribution in [0.25, 0.3) is 0 Å². The first kappa shape index (κ1) is 32.6. The highest BCUT2D eigenvalue weighted by Gasteiger charge is 2.57. The molecule has 0 saturated carbocycles. The van der Waals surface area contributed by atoms with Crippen molar-refractivity contribution in [2.24, 2.45) is 21.8 Å². The number of hydrogen-bond donors (Lipinski definition) is 4.